The summed E-state index contributed by atoms with van der Waals surface area (Å²) in [6.45, 7) is 1.81. The van der Waals surface area contributed by atoms with Crippen molar-refractivity contribution in [2.75, 3.05) is 0 Å². The molecule has 16 heavy (non-hydrogen) atoms. The first-order valence-electron chi connectivity index (χ1n) is 4.45. The van der Waals surface area contributed by atoms with Crippen molar-refractivity contribution in [3.63, 3.8) is 0 Å². The van der Waals surface area contributed by atoms with Crippen molar-refractivity contribution >= 4 is 23.2 Å². The molecule has 2 rings (SSSR count). The zero-order chi connectivity index (χ0) is 11.9. The van der Waals surface area contributed by atoms with Gasteiger partial charge in [0.1, 0.15) is 5.65 Å². The van der Waals surface area contributed by atoms with Crippen molar-refractivity contribution in [2.45, 2.75) is 6.92 Å². The maximum atomic E-state index is 11.8. The third-order valence-corrected chi connectivity index (χ3v) is 2.43. The summed E-state index contributed by atoms with van der Waals surface area (Å²) < 4.78 is 1.21. The molecule has 2 aromatic heterocycles. The number of carbonyl (C=O) groups excluding carboxylic acids is 1. The molecule has 0 amide bonds. The molecule has 0 bridgehead atoms. The Hall–Kier alpha value is -1.88. The second kappa shape index (κ2) is 3.61. The molecule has 82 valence electrons. The quantitative estimate of drug-likeness (QED) is 0.538. The second-order valence-corrected chi connectivity index (χ2v) is 3.70. The molecule has 0 aromatic carbocycles. The van der Waals surface area contributed by atoms with E-state index in [0.717, 1.165) is 5.56 Å². The van der Waals surface area contributed by atoms with E-state index in [1.165, 1.54) is 4.40 Å². The predicted octanol–water partition coefficient (Wildman–Crippen LogP) is 0.521. The molecule has 0 spiro atoms. The molecule has 0 aliphatic heterocycles. The Morgan fingerprint density at radius 2 is 2.19 bits per heavy atom. The van der Waals surface area contributed by atoms with Gasteiger partial charge in [0, 0.05) is 11.0 Å². The minimum Gasteiger partial charge on any atom is -0.561 e. The standard InChI is InChI=1S/C10H7ClN2O3/c1-5-2-3-6-12-8(11)7(10(15)16)9(14)13(6)4-5/h2-4H,1H3,(H,15,16)/p+1. The molecule has 2 aromatic rings. The highest BCUT2D eigenvalue weighted by Crippen LogP contribution is 2.11. The van der Waals surface area contributed by atoms with Crippen LogP contribution in [-0.2, 0) is 0 Å². The molecule has 0 aliphatic rings. The van der Waals surface area contributed by atoms with Crippen LogP contribution in [0.5, 0.6) is 0 Å². The maximum Gasteiger partial charge on any atom is 0.558 e. The van der Waals surface area contributed by atoms with E-state index in [-0.39, 0.29) is 5.15 Å². The minimum atomic E-state index is -1.13. The van der Waals surface area contributed by atoms with Gasteiger partial charge in [-0.05, 0) is 18.6 Å². The van der Waals surface area contributed by atoms with Crippen LogP contribution in [0.2, 0.25) is 5.15 Å². The van der Waals surface area contributed by atoms with E-state index < -0.39 is 17.1 Å². The third-order valence-electron chi connectivity index (χ3n) is 2.15. The van der Waals surface area contributed by atoms with E-state index in [4.69, 9.17) is 16.7 Å². The minimum absolute atomic E-state index is 0.228. The van der Waals surface area contributed by atoms with E-state index in [2.05, 4.69) is 4.98 Å². The average Bonchev–Trinajstić information content (AvgIpc) is 2.19. The van der Waals surface area contributed by atoms with Crippen LogP contribution in [0.15, 0.2) is 23.1 Å². The van der Waals surface area contributed by atoms with Gasteiger partial charge < -0.3 is 5.11 Å². The van der Waals surface area contributed by atoms with Crippen LogP contribution in [0.4, 0.5) is 0 Å². The number of pyridine rings is 1. The number of rotatable bonds is 1. The molecule has 0 radical (unpaired) electrons. The molecule has 0 fully saturated rings. The number of halogens is 1. The predicted molar refractivity (Wildman–Crippen MR) is 59.2 cm³/mol. The number of fused-ring (bicyclic) bond motifs is 1. The molecular formula is C10H8ClN2O3+. The summed E-state index contributed by atoms with van der Waals surface area (Å²) in [5.41, 5.74) is 0.191. The first-order chi connectivity index (χ1) is 7.50. The molecule has 5 nitrogen and oxygen atoms in total. The van der Waals surface area contributed by atoms with Crippen molar-refractivity contribution < 1.29 is 9.90 Å². The Balaban J connectivity index is 2.96. The van der Waals surface area contributed by atoms with Gasteiger partial charge in [0.2, 0.25) is 5.56 Å². The van der Waals surface area contributed by atoms with E-state index in [9.17, 15) is 9.59 Å². The number of hydrogen-bond acceptors (Lipinski definition) is 3. The summed E-state index contributed by atoms with van der Waals surface area (Å²) in [4.78, 5) is 26.7. The number of nitrogens with zero attached hydrogens (tertiary/aromatic N) is 2. The lowest BCUT2D eigenvalue weighted by Gasteiger charge is -2.02. The Morgan fingerprint density at radius 3 is 2.81 bits per heavy atom. The van der Waals surface area contributed by atoms with E-state index in [1.807, 2.05) is 6.92 Å². The lowest BCUT2D eigenvalue weighted by molar-refractivity contribution is 0.0694. The van der Waals surface area contributed by atoms with Crippen LogP contribution in [-0.4, -0.2) is 20.5 Å². The Kier molecular flexibility index (Phi) is 2.40. The molecular weight excluding hydrogens is 232 g/mol. The normalized spacial score (nSPS) is 10.6. The van der Waals surface area contributed by atoms with Gasteiger partial charge in [-0.15, -0.1) is 0 Å². The fourth-order valence-corrected chi connectivity index (χ4v) is 1.66. The number of aryl methyl sites for hydroxylation is 1. The zero-order valence-electron chi connectivity index (χ0n) is 8.32. The highest BCUT2D eigenvalue weighted by atomic mass is 35.5. The Morgan fingerprint density at radius 1 is 1.50 bits per heavy atom. The Bertz CT molecular complexity index is 648. The largest absolute Gasteiger partial charge is 0.561 e. The SMILES string of the molecule is Cc1ccc2nc(Cl)c(C(=O)[OH2+])c(=O)n2c1. The van der Waals surface area contributed by atoms with Gasteiger partial charge in [-0.1, -0.05) is 17.7 Å². The topological polar surface area (TPSA) is 74.3 Å². The number of hydrogen-bond donors (Lipinski definition) is 0. The summed E-state index contributed by atoms with van der Waals surface area (Å²) in [6, 6.07) is 3.40. The van der Waals surface area contributed by atoms with E-state index in [0.29, 0.717) is 5.65 Å². The van der Waals surface area contributed by atoms with Crippen LogP contribution < -0.4 is 5.56 Å². The highest BCUT2D eigenvalue weighted by molar-refractivity contribution is 6.32. The van der Waals surface area contributed by atoms with Crippen LogP contribution in [0.3, 0.4) is 0 Å². The van der Waals surface area contributed by atoms with Gasteiger partial charge in [-0.2, -0.15) is 0 Å². The van der Waals surface area contributed by atoms with Crippen molar-refractivity contribution in [1.82, 2.24) is 9.38 Å². The van der Waals surface area contributed by atoms with Crippen molar-refractivity contribution in [3.8, 4) is 0 Å². The van der Waals surface area contributed by atoms with E-state index in [1.54, 1.807) is 18.3 Å². The van der Waals surface area contributed by atoms with Crippen LogP contribution >= 0.6 is 11.6 Å². The molecule has 0 aliphatic carbocycles. The average molecular weight is 240 g/mol. The van der Waals surface area contributed by atoms with Crippen molar-refractivity contribution in [3.05, 3.63) is 45.0 Å². The molecule has 0 saturated heterocycles. The van der Waals surface area contributed by atoms with Crippen LogP contribution in [0.1, 0.15) is 15.9 Å². The summed E-state index contributed by atoms with van der Waals surface area (Å²) in [5.74, 6) is -1.13. The van der Waals surface area contributed by atoms with Crippen molar-refractivity contribution in [2.24, 2.45) is 0 Å². The first kappa shape index (κ1) is 10.6. The van der Waals surface area contributed by atoms with Crippen molar-refractivity contribution in [1.29, 1.82) is 0 Å². The molecule has 6 heteroatoms. The summed E-state index contributed by atoms with van der Waals surface area (Å²) in [6.07, 6.45) is 1.55. The monoisotopic (exact) mass is 239 g/mol. The highest BCUT2D eigenvalue weighted by Gasteiger charge is 2.24. The molecule has 0 atom stereocenters. The summed E-state index contributed by atoms with van der Waals surface area (Å²) in [5, 5.41) is 6.72. The van der Waals surface area contributed by atoms with Gasteiger partial charge >= 0.3 is 5.97 Å². The number of carbonyl (C=O) groups is 1. The summed E-state index contributed by atoms with van der Waals surface area (Å²) >= 11 is 5.68. The van der Waals surface area contributed by atoms with Gasteiger partial charge in [-0.25, -0.2) is 4.98 Å². The molecule has 0 unspecified atom stereocenters. The van der Waals surface area contributed by atoms with Crippen LogP contribution in [0, 0.1) is 6.92 Å². The van der Waals surface area contributed by atoms with E-state index >= 15 is 0 Å². The Labute approximate surface area is 94.9 Å². The second-order valence-electron chi connectivity index (χ2n) is 3.35. The van der Waals surface area contributed by atoms with Gasteiger partial charge in [-0.3, -0.25) is 9.20 Å². The third kappa shape index (κ3) is 1.55. The zero-order valence-corrected chi connectivity index (χ0v) is 9.08. The molecule has 0 saturated carbocycles. The first-order valence-corrected chi connectivity index (χ1v) is 4.83. The lowest BCUT2D eigenvalue weighted by Crippen LogP contribution is -2.23. The molecule has 2 N–H and O–H groups in total. The summed E-state index contributed by atoms with van der Waals surface area (Å²) in [7, 11) is 0. The molecule has 2 heterocycles. The smallest absolute Gasteiger partial charge is 0.558 e. The van der Waals surface area contributed by atoms with Crippen LogP contribution in [0.25, 0.3) is 5.65 Å². The lowest BCUT2D eigenvalue weighted by atomic mass is 10.3. The van der Waals surface area contributed by atoms with Gasteiger partial charge in [0.25, 0.3) is 5.56 Å². The fraction of sp³-hybridized carbons (Fsp3) is 0.100. The van der Waals surface area contributed by atoms with Gasteiger partial charge in [0.15, 0.2) is 5.15 Å². The van der Waals surface area contributed by atoms with Gasteiger partial charge in [0.05, 0.1) is 0 Å². The maximum absolute atomic E-state index is 11.8. The fourth-order valence-electron chi connectivity index (χ4n) is 1.41. The number of aromatic nitrogens is 2.